The molecule has 0 aliphatic carbocycles. The number of benzene rings is 1. The quantitative estimate of drug-likeness (QED) is 0.847. The summed E-state index contributed by atoms with van der Waals surface area (Å²) < 4.78 is 6.01. The van der Waals surface area contributed by atoms with Crippen LogP contribution >= 0.6 is 0 Å². The second-order valence-electron chi connectivity index (χ2n) is 5.80. The molecule has 1 heterocycles. The first-order valence-electron chi connectivity index (χ1n) is 7.30. The third-order valence-electron chi connectivity index (χ3n) is 3.59. The molecule has 0 saturated carbocycles. The molecule has 2 nitrogen and oxygen atoms in total. The highest BCUT2D eigenvalue weighted by molar-refractivity contribution is 5.83. The Hall–Kier alpha value is -1.28. The molecule has 0 unspecified atom stereocenters. The summed E-state index contributed by atoms with van der Waals surface area (Å²) in [6.45, 7) is 11.8. The number of fused-ring (bicyclic) bond motifs is 1. The van der Waals surface area contributed by atoms with Gasteiger partial charge in [0.2, 0.25) is 0 Å². The van der Waals surface area contributed by atoms with Crippen molar-refractivity contribution >= 4 is 11.0 Å². The normalized spacial score (nSPS) is 11.9. The Morgan fingerprint density at radius 2 is 1.89 bits per heavy atom. The van der Waals surface area contributed by atoms with Crippen molar-refractivity contribution in [2.75, 3.05) is 0 Å². The van der Waals surface area contributed by atoms with Crippen LogP contribution in [-0.4, -0.2) is 6.04 Å². The molecule has 2 aromatic rings. The van der Waals surface area contributed by atoms with Crippen molar-refractivity contribution in [3.63, 3.8) is 0 Å². The van der Waals surface area contributed by atoms with Gasteiger partial charge < -0.3 is 9.73 Å². The van der Waals surface area contributed by atoms with E-state index in [1.54, 1.807) is 0 Å². The summed E-state index contributed by atoms with van der Waals surface area (Å²) in [5.74, 6) is 1.65. The molecule has 0 aliphatic rings. The lowest BCUT2D eigenvalue weighted by Gasteiger charge is -2.07. The summed E-state index contributed by atoms with van der Waals surface area (Å²) in [7, 11) is 0. The van der Waals surface area contributed by atoms with Crippen LogP contribution in [0.25, 0.3) is 11.0 Å². The van der Waals surface area contributed by atoms with Crippen LogP contribution < -0.4 is 5.32 Å². The van der Waals surface area contributed by atoms with Crippen molar-refractivity contribution in [3.8, 4) is 0 Å². The average molecular weight is 259 g/mol. The Balaban J connectivity index is 2.43. The Morgan fingerprint density at radius 3 is 2.47 bits per heavy atom. The van der Waals surface area contributed by atoms with Crippen molar-refractivity contribution in [2.45, 2.75) is 59.5 Å². The fraction of sp³-hybridized carbons (Fsp3) is 0.529. The lowest BCUT2D eigenvalue weighted by Crippen LogP contribution is -2.22. The average Bonchev–Trinajstić information content (AvgIpc) is 2.72. The van der Waals surface area contributed by atoms with Crippen LogP contribution in [0.4, 0.5) is 0 Å². The van der Waals surface area contributed by atoms with Crippen LogP contribution in [0.3, 0.4) is 0 Å². The summed E-state index contributed by atoms with van der Waals surface area (Å²) in [5, 5.41) is 4.73. The van der Waals surface area contributed by atoms with Gasteiger partial charge in [-0.1, -0.05) is 40.7 Å². The van der Waals surface area contributed by atoms with E-state index >= 15 is 0 Å². The predicted octanol–water partition coefficient (Wildman–Crippen LogP) is 4.62. The molecule has 0 amide bonds. The number of rotatable bonds is 5. The van der Waals surface area contributed by atoms with Gasteiger partial charge in [-0.3, -0.25) is 0 Å². The van der Waals surface area contributed by atoms with Crippen molar-refractivity contribution in [3.05, 3.63) is 35.1 Å². The van der Waals surface area contributed by atoms with E-state index in [-0.39, 0.29) is 0 Å². The van der Waals surface area contributed by atoms with Gasteiger partial charge in [-0.2, -0.15) is 0 Å². The van der Waals surface area contributed by atoms with Crippen LogP contribution in [0, 0.1) is 0 Å². The predicted molar refractivity (Wildman–Crippen MR) is 81.7 cm³/mol. The van der Waals surface area contributed by atoms with Crippen LogP contribution in [0.5, 0.6) is 0 Å². The monoisotopic (exact) mass is 259 g/mol. The third-order valence-corrected chi connectivity index (χ3v) is 3.59. The Morgan fingerprint density at radius 1 is 1.16 bits per heavy atom. The first kappa shape index (κ1) is 14.1. The molecule has 0 aliphatic heterocycles. The van der Waals surface area contributed by atoms with E-state index in [1.807, 2.05) is 0 Å². The molecule has 0 fully saturated rings. The van der Waals surface area contributed by atoms with E-state index in [0.717, 1.165) is 24.3 Å². The van der Waals surface area contributed by atoms with Gasteiger partial charge in [-0.15, -0.1) is 0 Å². The summed E-state index contributed by atoms with van der Waals surface area (Å²) in [4.78, 5) is 0. The van der Waals surface area contributed by atoms with Crippen molar-refractivity contribution in [2.24, 2.45) is 0 Å². The van der Waals surface area contributed by atoms with Gasteiger partial charge in [0.15, 0.2) is 0 Å². The van der Waals surface area contributed by atoms with E-state index in [9.17, 15) is 0 Å². The minimum atomic E-state index is 0.476. The molecule has 0 spiro atoms. The van der Waals surface area contributed by atoms with Gasteiger partial charge in [0, 0.05) is 17.0 Å². The van der Waals surface area contributed by atoms with E-state index in [4.69, 9.17) is 4.42 Å². The molecule has 1 aromatic carbocycles. The zero-order valence-corrected chi connectivity index (χ0v) is 12.7. The van der Waals surface area contributed by atoms with Crippen LogP contribution in [0.15, 0.2) is 22.6 Å². The van der Waals surface area contributed by atoms with Crippen LogP contribution in [0.1, 0.15) is 57.4 Å². The largest absolute Gasteiger partial charge is 0.459 e. The molecule has 2 heteroatoms. The van der Waals surface area contributed by atoms with Gasteiger partial charge in [0.25, 0.3) is 0 Å². The van der Waals surface area contributed by atoms with Crippen molar-refractivity contribution in [1.29, 1.82) is 0 Å². The number of nitrogens with one attached hydrogen (secondary N) is 1. The van der Waals surface area contributed by atoms with Gasteiger partial charge in [0.1, 0.15) is 11.3 Å². The molecule has 2 rings (SSSR count). The summed E-state index contributed by atoms with van der Waals surface area (Å²) in [6, 6.07) is 7.06. The molecule has 1 N–H and O–H groups in total. The maximum absolute atomic E-state index is 6.01. The zero-order chi connectivity index (χ0) is 14.0. The molecular formula is C17H25NO. The molecule has 0 saturated heterocycles. The number of hydrogen-bond acceptors (Lipinski definition) is 2. The van der Waals surface area contributed by atoms with Gasteiger partial charge >= 0.3 is 0 Å². The minimum Gasteiger partial charge on any atom is -0.459 e. The lowest BCUT2D eigenvalue weighted by atomic mass is 9.99. The number of hydrogen-bond donors (Lipinski definition) is 1. The van der Waals surface area contributed by atoms with Crippen LogP contribution in [-0.2, 0) is 13.0 Å². The molecule has 0 radical (unpaired) electrons. The van der Waals surface area contributed by atoms with Crippen molar-refractivity contribution in [1.82, 2.24) is 5.32 Å². The van der Waals surface area contributed by atoms with Crippen molar-refractivity contribution < 1.29 is 4.42 Å². The highest BCUT2D eigenvalue weighted by Crippen LogP contribution is 2.29. The first-order valence-corrected chi connectivity index (χ1v) is 7.30. The Kier molecular flexibility index (Phi) is 4.31. The van der Waals surface area contributed by atoms with E-state index in [2.05, 4.69) is 58.1 Å². The Labute approximate surface area is 116 Å². The second-order valence-corrected chi connectivity index (χ2v) is 5.80. The number of furan rings is 1. The maximum atomic E-state index is 6.01. The summed E-state index contributed by atoms with van der Waals surface area (Å²) in [5.41, 5.74) is 3.75. The fourth-order valence-electron chi connectivity index (χ4n) is 2.40. The molecular weight excluding hydrogens is 234 g/mol. The highest BCUT2D eigenvalue weighted by Gasteiger charge is 2.14. The zero-order valence-electron chi connectivity index (χ0n) is 12.7. The third kappa shape index (κ3) is 3.01. The van der Waals surface area contributed by atoms with E-state index in [1.165, 1.54) is 16.5 Å². The molecule has 1 aromatic heterocycles. The standard InChI is InChI=1S/C17H25NO/c1-6-14-15-9-13(11(2)3)7-8-16(15)19-17(14)10-18-12(4)5/h7-9,11-12,18H,6,10H2,1-5H3. The first-order chi connectivity index (χ1) is 9.02. The Bertz CT molecular complexity index is 552. The van der Waals surface area contributed by atoms with Gasteiger partial charge in [-0.25, -0.2) is 0 Å². The van der Waals surface area contributed by atoms with E-state index in [0.29, 0.717) is 12.0 Å². The maximum Gasteiger partial charge on any atom is 0.134 e. The molecule has 104 valence electrons. The molecule has 0 bridgehead atoms. The number of aryl methyl sites for hydroxylation is 1. The summed E-state index contributed by atoms with van der Waals surface area (Å²) >= 11 is 0. The second kappa shape index (κ2) is 5.79. The minimum absolute atomic E-state index is 0.476. The highest BCUT2D eigenvalue weighted by atomic mass is 16.3. The van der Waals surface area contributed by atoms with E-state index < -0.39 is 0 Å². The topological polar surface area (TPSA) is 25.2 Å². The van der Waals surface area contributed by atoms with Gasteiger partial charge in [0.05, 0.1) is 6.54 Å². The SMILES string of the molecule is CCc1c(CNC(C)C)oc2ccc(C(C)C)cc12. The smallest absolute Gasteiger partial charge is 0.134 e. The van der Waals surface area contributed by atoms with Crippen LogP contribution in [0.2, 0.25) is 0 Å². The fourth-order valence-corrected chi connectivity index (χ4v) is 2.40. The summed E-state index contributed by atoms with van der Waals surface area (Å²) in [6.07, 6.45) is 1.02. The molecule has 19 heavy (non-hydrogen) atoms. The lowest BCUT2D eigenvalue weighted by molar-refractivity contribution is 0.483. The molecule has 0 atom stereocenters. The van der Waals surface area contributed by atoms with Gasteiger partial charge in [-0.05, 0) is 30.0 Å².